The number of nitrogen functional groups attached to an aromatic ring is 1. The van der Waals surface area contributed by atoms with Gasteiger partial charge < -0.3 is 19.8 Å². The van der Waals surface area contributed by atoms with E-state index in [1.165, 1.54) is 22.9 Å². The Morgan fingerprint density at radius 3 is 2.73 bits per heavy atom. The van der Waals surface area contributed by atoms with Gasteiger partial charge in [0, 0.05) is 18.3 Å². The SMILES string of the molecule is CCCOc1cc(-n2cc(C#N)c(N)c2C(=O)OC)c([N+](=O)[O-])cc1Br. The summed E-state index contributed by atoms with van der Waals surface area (Å²) < 4.78 is 11.8. The van der Waals surface area contributed by atoms with Crippen LogP contribution in [0.3, 0.4) is 0 Å². The molecule has 0 fully saturated rings. The number of hydrogen-bond acceptors (Lipinski definition) is 7. The number of methoxy groups -OCH3 is 1. The monoisotopic (exact) mass is 422 g/mol. The van der Waals surface area contributed by atoms with Gasteiger partial charge in [0.05, 0.1) is 34.4 Å². The molecule has 1 aromatic carbocycles. The fraction of sp³-hybridized carbons (Fsp3) is 0.250. The molecule has 2 N–H and O–H groups in total. The summed E-state index contributed by atoms with van der Waals surface area (Å²) in [6.45, 7) is 2.32. The molecule has 0 atom stereocenters. The summed E-state index contributed by atoms with van der Waals surface area (Å²) in [5.41, 5.74) is 5.28. The van der Waals surface area contributed by atoms with E-state index in [4.69, 9.17) is 15.2 Å². The minimum absolute atomic E-state index is 0.00126. The number of ether oxygens (including phenoxy) is 2. The molecule has 1 aromatic heterocycles. The number of nitro benzene ring substituents is 1. The zero-order chi connectivity index (χ0) is 19.4. The second-order valence-corrected chi connectivity index (χ2v) is 6.01. The lowest BCUT2D eigenvalue weighted by molar-refractivity contribution is -0.384. The van der Waals surface area contributed by atoms with Crippen LogP contribution in [0.4, 0.5) is 11.4 Å². The zero-order valence-corrected chi connectivity index (χ0v) is 15.6. The van der Waals surface area contributed by atoms with Crippen LogP contribution in [0.1, 0.15) is 29.4 Å². The summed E-state index contributed by atoms with van der Waals surface area (Å²) in [5.74, 6) is -0.466. The summed E-state index contributed by atoms with van der Waals surface area (Å²) in [6, 6.07) is 4.52. The molecule has 136 valence electrons. The summed E-state index contributed by atoms with van der Waals surface area (Å²) in [4.78, 5) is 23.0. The molecule has 0 amide bonds. The van der Waals surface area contributed by atoms with Crippen molar-refractivity contribution in [2.45, 2.75) is 13.3 Å². The average molecular weight is 423 g/mol. The van der Waals surface area contributed by atoms with Crippen LogP contribution in [0.5, 0.6) is 5.75 Å². The van der Waals surface area contributed by atoms with Crippen molar-refractivity contribution in [3.8, 4) is 17.5 Å². The molecule has 0 spiro atoms. The van der Waals surface area contributed by atoms with Gasteiger partial charge in [-0.3, -0.25) is 10.1 Å². The van der Waals surface area contributed by atoms with Crippen molar-refractivity contribution in [1.82, 2.24) is 4.57 Å². The van der Waals surface area contributed by atoms with E-state index in [1.807, 2.05) is 13.0 Å². The Bertz CT molecular complexity index is 916. The van der Waals surface area contributed by atoms with Crippen LogP contribution in [-0.4, -0.2) is 29.2 Å². The van der Waals surface area contributed by atoms with Crippen LogP contribution in [-0.2, 0) is 4.74 Å². The van der Waals surface area contributed by atoms with Crippen molar-refractivity contribution < 1.29 is 19.2 Å². The predicted octanol–water partition coefficient (Wildman–Crippen LogP) is 3.18. The number of halogens is 1. The number of rotatable bonds is 6. The van der Waals surface area contributed by atoms with Crippen molar-refractivity contribution in [3.63, 3.8) is 0 Å². The maximum atomic E-state index is 12.1. The first-order chi connectivity index (χ1) is 12.3. The van der Waals surface area contributed by atoms with Crippen molar-refractivity contribution in [2.75, 3.05) is 19.5 Å². The molecule has 9 nitrogen and oxygen atoms in total. The van der Waals surface area contributed by atoms with Gasteiger partial charge in [0.2, 0.25) is 0 Å². The highest BCUT2D eigenvalue weighted by Crippen LogP contribution is 2.37. The molecule has 0 aliphatic carbocycles. The maximum Gasteiger partial charge on any atom is 0.357 e. The number of esters is 1. The molecule has 2 rings (SSSR count). The van der Waals surface area contributed by atoms with Gasteiger partial charge in [-0.05, 0) is 22.4 Å². The number of nitro groups is 1. The number of nitrogens with zero attached hydrogens (tertiary/aromatic N) is 3. The van der Waals surface area contributed by atoms with Crippen molar-refractivity contribution in [1.29, 1.82) is 5.26 Å². The van der Waals surface area contributed by atoms with Crippen molar-refractivity contribution in [3.05, 3.63) is 44.2 Å². The highest BCUT2D eigenvalue weighted by molar-refractivity contribution is 9.10. The highest BCUT2D eigenvalue weighted by atomic mass is 79.9. The Balaban J connectivity index is 2.80. The molecule has 0 aliphatic heterocycles. The Hall–Kier alpha value is -3.06. The van der Waals surface area contributed by atoms with E-state index >= 15 is 0 Å². The summed E-state index contributed by atoms with van der Waals surface area (Å²) in [7, 11) is 1.15. The minimum Gasteiger partial charge on any atom is -0.492 e. The van der Waals surface area contributed by atoms with Crippen LogP contribution in [0.25, 0.3) is 5.69 Å². The Kier molecular flexibility index (Phi) is 5.84. The number of anilines is 1. The number of nitriles is 1. The fourth-order valence-corrected chi connectivity index (χ4v) is 2.74. The van der Waals surface area contributed by atoms with Crippen LogP contribution in [0.15, 0.2) is 22.8 Å². The van der Waals surface area contributed by atoms with E-state index in [2.05, 4.69) is 15.9 Å². The Morgan fingerprint density at radius 2 is 2.19 bits per heavy atom. The van der Waals surface area contributed by atoms with Crippen LogP contribution in [0, 0.1) is 21.4 Å². The van der Waals surface area contributed by atoms with Gasteiger partial charge in [-0.15, -0.1) is 0 Å². The quantitative estimate of drug-likeness (QED) is 0.429. The van der Waals surface area contributed by atoms with Crippen molar-refractivity contribution in [2.24, 2.45) is 0 Å². The lowest BCUT2D eigenvalue weighted by atomic mass is 10.2. The molecule has 0 radical (unpaired) electrons. The number of carbonyl (C=O) groups excluding carboxylic acids is 1. The Morgan fingerprint density at radius 1 is 1.50 bits per heavy atom. The lowest BCUT2D eigenvalue weighted by Gasteiger charge is -2.13. The second-order valence-electron chi connectivity index (χ2n) is 5.16. The van der Waals surface area contributed by atoms with E-state index in [1.54, 1.807) is 0 Å². The zero-order valence-electron chi connectivity index (χ0n) is 14.0. The van der Waals surface area contributed by atoms with Gasteiger partial charge in [0.25, 0.3) is 5.69 Å². The smallest absolute Gasteiger partial charge is 0.357 e. The van der Waals surface area contributed by atoms with Gasteiger partial charge in [-0.1, -0.05) is 6.92 Å². The van der Waals surface area contributed by atoms with Gasteiger partial charge in [-0.25, -0.2) is 4.79 Å². The van der Waals surface area contributed by atoms with Crippen LogP contribution in [0.2, 0.25) is 0 Å². The van der Waals surface area contributed by atoms with E-state index in [0.717, 1.165) is 13.5 Å². The third-order valence-corrected chi connectivity index (χ3v) is 4.11. The van der Waals surface area contributed by atoms with Gasteiger partial charge in [0.1, 0.15) is 17.5 Å². The summed E-state index contributed by atoms with van der Waals surface area (Å²) in [6.07, 6.45) is 1.99. The fourth-order valence-electron chi connectivity index (χ4n) is 2.30. The molecule has 2 aromatic rings. The van der Waals surface area contributed by atoms with E-state index < -0.39 is 10.9 Å². The van der Waals surface area contributed by atoms with Crippen LogP contribution >= 0.6 is 15.9 Å². The largest absolute Gasteiger partial charge is 0.492 e. The third kappa shape index (κ3) is 3.48. The molecular formula is C16H15BrN4O5. The van der Waals surface area contributed by atoms with Crippen LogP contribution < -0.4 is 10.5 Å². The molecule has 26 heavy (non-hydrogen) atoms. The maximum absolute atomic E-state index is 12.1. The summed E-state index contributed by atoms with van der Waals surface area (Å²) >= 11 is 3.24. The van der Waals surface area contributed by atoms with Gasteiger partial charge >= 0.3 is 5.97 Å². The standard InChI is InChI=1S/C16H15BrN4O5/c1-3-4-26-13-6-11(12(21(23)24)5-10(13)17)20-8-9(7-18)14(19)15(20)16(22)25-2/h5-6,8H,3-4,19H2,1-2H3. The molecule has 0 unspecified atom stereocenters. The molecule has 10 heteroatoms. The number of carbonyl (C=O) groups is 1. The molecule has 0 saturated carbocycles. The van der Waals surface area contributed by atoms with Crippen molar-refractivity contribution >= 4 is 33.3 Å². The minimum atomic E-state index is -0.822. The average Bonchev–Trinajstić information content (AvgIpc) is 2.95. The topological polar surface area (TPSA) is 133 Å². The molecule has 1 heterocycles. The third-order valence-electron chi connectivity index (χ3n) is 3.49. The first-order valence-electron chi connectivity index (χ1n) is 7.46. The Labute approximate surface area is 157 Å². The predicted molar refractivity (Wildman–Crippen MR) is 96.4 cm³/mol. The molecular weight excluding hydrogens is 408 g/mol. The number of nitrogens with two attached hydrogens (primary N) is 1. The van der Waals surface area contributed by atoms with Gasteiger partial charge in [0.15, 0.2) is 5.69 Å². The number of hydrogen-bond donors (Lipinski definition) is 1. The highest BCUT2D eigenvalue weighted by Gasteiger charge is 2.27. The number of aromatic nitrogens is 1. The first kappa shape index (κ1) is 19.3. The number of benzene rings is 1. The molecule has 0 saturated heterocycles. The van der Waals surface area contributed by atoms with E-state index in [0.29, 0.717) is 16.8 Å². The molecule has 0 aliphatic rings. The second kappa shape index (κ2) is 7.88. The lowest BCUT2D eigenvalue weighted by Crippen LogP contribution is -2.12. The van der Waals surface area contributed by atoms with Gasteiger partial charge in [-0.2, -0.15) is 5.26 Å². The van der Waals surface area contributed by atoms with E-state index in [-0.39, 0.29) is 28.3 Å². The summed E-state index contributed by atoms with van der Waals surface area (Å²) in [5, 5.41) is 20.7. The first-order valence-corrected chi connectivity index (χ1v) is 8.25. The molecule has 0 bridgehead atoms. The van der Waals surface area contributed by atoms with E-state index in [9.17, 15) is 20.2 Å². The normalized spacial score (nSPS) is 10.2.